The van der Waals surface area contributed by atoms with Crippen LogP contribution in [-0.2, 0) is 9.59 Å². The summed E-state index contributed by atoms with van der Waals surface area (Å²) in [5.74, 6) is -0.880. The highest BCUT2D eigenvalue weighted by molar-refractivity contribution is 6.67. The largest absolute Gasteiger partial charge is 0.321 e. The third kappa shape index (κ3) is 3.62. The van der Waals surface area contributed by atoms with E-state index in [1.807, 2.05) is 12.1 Å². The first-order chi connectivity index (χ1) is 9.66. The summed E-state index contributed by atoms with van der Waals surface area (Å²) in [5.41, 5.74) is 1.08. The molecule has 2 aromatic carbocycles. The molecule has 2 aromatic rings. The molecule has 0 saturated carbocycles. The molecule has 0 atom stereocenters. The molecule has 0 aliphatic heterocycles. The highest BCUT2D eigenvalue weighted by atomic mass is 16.2. The smallest absolute Gasteiger partial charge is 0.277 e. The number of amides is 1. The third-order valence-corrected chi connectivity index (χ3v) is 2.58. The Hall–Kier alpha value is -2.75. The van der Waals surface area contributed by atoms with E-state index in [4.69, 9.17) is 0 Å². The molecule has 0 heterocycles. The fourth-order valence-electron chi connectivity index (χ4n) is 1.63. The Bertz CT molecular complexity index is 634. The van der Waals surface area contributed by atoms with Crippen molar-refractivity contribution in [2.45, 2.75) is 6.92 Å². The van der Waals surface area contributed by atoms with Gasteiger partial charge in [-0.3, -0.25) is 9.59 Å². The lowest BCUT2D eigenvalue weighted by atomic mass is 10.2. The second-order valence-electron chi connectivity index (χ2n) is 4.17. The van der Waals surface area contributed by atoms with Crippen molar-refractivity contribution >= 4 is 28.8 Å². The first kappa shape index (κ1) is 13.7. The maximum atomic E-state index is 12.1. The van der Waals surface area contributed by atoms with Crippen LogP contribution < -0.4 is 5.32 Å². The van der Waals surface area contributed by atoms with Crippen molar-refractivity contribution in [3.05, 3.63) is 60.7 Å². The zero-order valence-electron chi connectivity index (χ0n) is 11.0. The molecule has 0 bridgehead atoms. The van der Waals surface area contributed by atoms with Crippen molar-refractivity contribution in [2.24, 2.45) is 4.99 Å². The van der Waals surface area contributed by atoms with Crippen LogP contribution in [0, 0.1) is 0 Å². The van der Waals surface area contributed by atoms with Crippen LogP contribution in [0.3, 0.4) is 0 Å². The lowest BCUT2D eigenvalue weighted by Gasteiger charge is -2.05. The van der Waals surface area contributed by atoms with Gasteiger partial charge in [0.15, 0.2) is 11.5 Å². The Morgan fingerprint density at radius 3 is 2.00 bits per heavy atom. The number of hydrogen-bond donors (Lipinski definition) is 1. The molecule has 0 aromatic heterocycles. The van der Waals surface area contributed by atoms with Gasteiger partial charge in [-0.2, -0.15) is 0 Å². The van der Waals surface area contributed by atoms with Crippen molar-refractivity contribution in [1.82, 2.24) is 0 Å². The molecule has 0 aliphatic carbocycles. The van der Waals surface area contributed by atoms with Gasteiger partial charge in [-0.25, -0.2) is 4.99 Å². The summed E-state index contributed by atoms with van der Waals surface area (Å²) < 4.78 is 0. The van der Waals surface area contributed by atoms with Crippen LogP contribution in [0.2, 0.25) is 0 Å². The molecule has 4 heteroatoms. The first-order valence-corrected chi connectivity index (χ1v) is 6.18. The van der Waals surface area contributed by atoms with Gasteiger partial charge < -0.3 is 5.32 Å². The number of nitrogens with zero attached hydrogens (tertiary/aromatic N) is 1. The molecule has 20 heavy (non-hydrogen) atoms. The topological polar surface area (TPSA) is 58.5 Å². The van der Waals surface area contributed by atoms with E-state index >= 15 is 0 Å². The van der Waals surface area contributed by atoms with Gasteiger partial charge in [0.05, 0.1) is 5.69 Å². The average molecular weight is 266 g/mol. The summed E-state index contributed by atoms with van der Waals surface area (Å²) in [7, 11) is 0. The van der Waals surface area contributed by atoms with Gasteiger partial charge in [0.25, 0.3) is 5.91 Å². The average Bonchev–Trinajstić information content (AvgIpc) is 2.46. The van der Waals surface area contributed by atoms with E-state index < -0.39 is 5.91 Å². The number of carbonyl (C=O) groups excluding carboxylic acids is 2. The highest BCUT2D eigenvalue weighted by Gasteiger charge is 2.16. The number of aliphatic imine (C=N–C) groups is 1. The monoisotopic (exact) mass is 266 g/mol. The number of anilines is 1. The maximum Gasteiger partial charge on any atom is 0.277 e. The van der Waals surface area contributed by atoms with E-state index in [2.05, 4.69) is 10.3 Å². The Balaban J connectivity index is 2.23. The van der Waals surface area contributed by atoms with Crippen molar-refractivity contribution < 1.29 is 9.59 Å². The van der Waals surface area contributed by atoms with Gasteiger partial charge in [0, 0.05) is 12.6 Å². The van der Waals surface area contributed by atoms with Gasteiger partial charge in [0.2, 0.25) is 0 Å². The van der Waals surface area contributed by atoms with Gasteiger partial charge in [0.1, 0.15) is 0 Å². The number of para-hydroxylation sites is 2. The van der Waals surface area contributed by atoms with Gasteiger partial charge >= 0.3 is 0 Å². The molecule has 0 radical (unpaired) electrons. The maximum absolute atomic E-state index is 12.1. The molecule has 4 nitrogen and oxygen atoms in total. The normalized spacial score (nSPS) is 10.9. The fraction of sp³-hybridized carbons (Fsp3) is 0.0625. The van der Waals surface area contributed by atoms with Crippen LogP contribution in [0.4, 0.5) is 11.4 Å². The van der Waals surface area contributed by atoms with Crippen LogP contribution in [0.15, 0.2) is 65.7 Å². The predicted molar refractivity (Wildman–Crippen MR) is 79.3 cm³/mol. The van der Waals surface area contributed by atoms with E-state index in [1.54, 1.807) is 48.5 Å². The van der Waals surface area contributed by atoms with Crippen molar-refractivity contribution in [3.8, 4) is 0 Å². The minimum absolute atomic E-state index is 0.111. The molecule has 2 rings (SSSR count). The van der Waals surface area contributed by atoms with Crippen molar-refractivity contribution in [1.29, 1.82) is 0 Å². The first-order valence-electron chi connectivity index (χ1n) is 6.18. The minimum atomic E-state index is -0.507. The second-order valence-corrected chi connectivity index (χ2v) is 4.17. The number of carbonyl (C=O) groups is 2. The summed E-state index contributed by atoms with van der Waals surface area (Å²) in [6.45, 7) is 1.33. The Labute approximate surface area is 117 Å². The zero-order chi connectivity index (χ0) is 14.4. The lowest BCUT2D eigenvalue weighted by molar-refractivity contribution is -0.114. The van der Waals surface area contributed by atoms with Crippen LogP contribution in [0.25, 0.3) is 0 Å². The standard InChI is InChI=1S/C16H14N2O2/c1-12(19)15(17-13-8-4-2-5-9-13)16(20)18-14-10-6-3-7-11-14/h2-11H,1H3,(H,18,20). The second kappa shape index (κ2) is 6.43. The van der Waals surface area contributed by atoms with Crippen LogP contribution in [-0.4, -0.2) is 17.4 Å². The Morgan fingerprint density at radius 2 is 1.45 bits per heavy atom. The van der Waals surface area contributed by atoms with E-state index in [0.29, 0.717) is 11.4 Å². The quantitative estimate of drug-likeness (QED) is 0.683. The Morgan fingerprint density at radius 1 is 0.900 bits per heavy atom. The van der Waals surface area contributed by atoms with E-state index in [9.17, 15) is 9.59 Å². The summed E-state index contributed by atoms with van der Waals surface area (Å²) in [6.07, 6.45) is 0. The number of Topliss-reactive ketones (excluding diaryl/α,β-unsaturated/α-hetero) is 1. The predicted octanol–water partition coefficient (Wildman–Crippen LogP) is 2.99. The third-order valence-electron chi connectivity index (χ3n) is 2.58. The summed E-state index contributed by atoms with van der Waals surface area (Å²) in [5, 5.41) is 2.65. The minimum Gasteiger partial charge on any atom is -0.321 e. The Kier molecular flexibility index (Phi) is 4.39. The SMILES string of the molecule is CC(=O)C(=Nc1ccccc1)C(=O)Nc1ccccc1. The molecule has 0 saturated heterocycles. The van der Waals surface area contributed by atoms with Crippen molar-refractivity contribution in [3.63, 3.8) is 0 Å². The molecular formula is C16H14N2O2. The van der Waals surface area contributed by atoms with Gasteiger partial charge in [-0.1, -0.05) is 36.4 Å². The van der Waals surface area contributed by atoms with Crippen LogP contribution in [0.1, 0.15) is 6.92 Å². The molecule has 1 N–H and O–H groups in total. The van der Waals surface area contributed by atoms with E-state index in [-0.39, 0.29) is 11.5 Å². The van der Waals surface area contributed by atoms with E-state index in [0.717, 1.165) is 0 Å². The summed E-state index contributed by atoms with van der Waals surface area (Å²) in [6, 6.07) is 17.9. The lowest BCUT2D eigenvalue weighted by Crippen LogP contribution is -2.28. The number of hydrogen-bond acceptors (Lipinski definition) is 3. The van der Waals surface area contributed by atoms with Crippen LogP contribution >= 0.6 is 0 Å². The summed E-state index contributed by atoms with van der Waals surface area (Å²) in [4.78, 5) is 27.8. The van der Waals surface area contributed by atoms with E-state index in [1.165, 1.54) is 6.92 Å². The molecule has 100 valence electrons. The number of rotatable bonds is 4. The molecule has 0 unspecified atom stereocenters. The number of nitrogens with one attached hydrogen (secondary N) is 1. The van der Waals surface area contributed by atoms with Crippen molar-refractivity contribution in [2.75, 3.05) is 5.32 Å². The zero-order valence-corrected chi connectivity index (χ0v) is 11.0. The van der Waals surface area contributed by atoms with Gasteiger partial charge in [-0.05, 0) is 24.3 Å². The number of ketones is 1. The summed E-state index contributed by atoms with van der Waals surface area (Å²) >= 11 is 0. The van der Waals surface area contributed by atoms with Gasteiger partial charge in [-0.15, -0.1) is 0 Å². The molecule has 0 spiro atoms. The molecular weight excluding hydrogens is 252 g/mol. The fourth-order valence-corrected chi connectivity index (χ4v) is 1.63. The van der Waals surface area contributed by atoms with Crippen LogP contribution in [0.5, 0.6) is 0 Å². The highest BCUT2D eigenvalue weighted by Crippen LogP contribution is 2.11. The molecule has 1 amide bonds. The molecule has 0 fully saturated rings. The molecule has 0 aliphatic rings. The number of benzene rings is 2.